The molecule has 0 fully saturated rings. The van der Waals surface area contributed by atoms with Gasteiger partial charge in [-0.25, -0.2) is 0 Å². The Balaban J connectivity index is 2.27. The van der Waals surface area contributed by atoms with Crippen LogP contribution in [0.3, 0.4) is 0 Å². The third kappa shape index (κ3) is 1.37. The van der Waals surface area contributed by atoms with E-state index in [0.717, 1.165) is 25.8 Å². The molecule has 72 valence electrons. The Morgan fingerprint density at radius 1 is 1.62 bits per heavy atom. The van der Waals surface area contributed by atoms with Crippen molar-refractivity contribution in [3.63, 3.8) is 0 Å². The molecule has 1 aromatic heterocycles. The number of aryl methyl sites for hydroxylation is 2. The lowest BCUT2D eigenvalue weighted by atomic mass is 9.97. The molecule has 0 spiro atoms. The van der Waals surface area contributed by atoms with Gasteiger partial charge < -0.3 is 5.73 Å². The smallest absolute Gasteiger partial charge is 0.0657 e. The van der Waals surface area contributed by atoms with Crippen LogP contribution in [0.25, 0.3) is 0 Å². The van der Waals surface area contributed by atoms with E-state index < -0.39 is 0 Å². The quantitative estimate of drug-likeness (QED) is 0.736. The van der Waals surface area contributed by atoms with Crippen LogP contribution in [-0.2, 0) is 12.8 Å². The van der Waals surface area contributed by atoms with E-state index in [1.54, 1.807) is 0 Å². The highest BCUT2D eigenvalue weighted by Gasteiger charge is 2.26. The first kappa shape index (κ1) is 8.75. The molecule has 1 atom stereocenters. The highest BCUT2D eigenvalue weighted by molar-refractivity contribution is 5.33. The number of H-pyrrole nitrogens is 1. The summed E-state index contributed by atoms with van der Waals surface area (Å²) in [6.07, 6.45) is 4.56. The molecule has 0 saturated heterocycles. The molecule has 1 aliphatic rings. The summed E-state index contributed by atoms with van der Waals surface area (Å²) in [6, 6.07) is 0. The fourth-order valence-electron chi connectivity index (χ4n) is 2.32. The summed E-state index contributed by atoms with van der Waals surface area (Å²) in [4.78, 5) is 0. The van der Waals surface area contributed by atoms with E-state index in [1.807, 2.05) is 0 Å². The number of fused-ring (bicyclic) bond motifs is 1. The predicted octanol–water partition coefficient (Wildman–Crippen LogP) is 1.35. The number of hydrogen-bond donors (Lipinski definition) is 2. The van der Waals surface area contributed by atoms with E-state index in [4.69, 9.17) is 5.73 Å². The first-order valence-corrected chi connectivity index (χ1v) is 5.12. The van der Waals surface area contributed by atoms with Crippen molar-refractivity contribution < 1.29 is 0 Å². The van der Waals surface area contributed by atoms with E-state index in [2.05, 4.69) is 17.1 Å². The van der Waals surface area contributed by atoms with E-state index in [0.29, 0.717) is 5.92 Å². The number of nitrogens with two attached hydrogens (primary N) is 1. The highest BCUT2D eigenvalue weighted by atomic mass is 15.1. The molecule has 3 N–H and O–H groups in total. The molecule has 0 aromatic carbocycles. The summed E-state index contributed by atoms with van der Waals surface area (Å²) in [5, 5.41) is 7.46. The molecule has 13 heavy (non-hydrogen) atoms. The zero-order chi connectivity index (χ0) is 9.26. The lowest BCUT2D eigenvalue weighted by Crippen LogP contribution is -2.06. The number of nitrogens with zero attached hydrogens (tertiary/aromatic N) is 1. The van der Waals surface area contributed by atoms with Gasteiger partial charge in [0.2, 0.25) is 0 Å². The highest BCUT2D eigenvalue weighted by Crippen LogP contribution is 2.36. The molecule has 0 aliphatic heterocycles. The molecule has 3 heteroatoms. The molecular formula is C10H17N3. The van der Waals surface area contributed by atoms with Gasteiger partial charge in [0.25, 0.3) is 0 Å². The Labute approximate surface area is 78.7 Å². The summed E-state index contributed by atoms with van der Waals surface area (Å²) in [5.41, 5.74) is 9.69. The van der Waals surface area contributed by atoms with Crippen LogP contribution in [0, 0.1) is 0 Å². The van der Waals surface area contributed by atoms with Gasteiger partial charge in [-0.15, -0.1) is 0 Å². The maximum atomic E-state index is 5.60. The normalized spacial score (nSPS) is 20.6. The van der Waals surface area contributed by atoms with Crippen molar-refractivity contribution in [2.24, 2.45) is 5.73 Å². The number of aromatic amines is 1. The van der Waals surface area contributed by atoms with Crippen LogP contribution in [0.2, 0.25) is 0 Å². The molecule has 1 aromatic rings. The van der Waals surface area contributed by atoms with Gasteiger partial charge >= 0.3 is 0 Å². The number of nitrogens with one attached hydrogen (secondary N) is 1. The van der Waals surface area contributed by atoms with Crippen LogP contribution in [-0.4, -0.2) is 16.7 Å². The molecule has 3 nitrogen and oxygen atoms in total. The molecule has 0 amide bonds. The number of aromatic nitrogens is 2. The topological polar surface area (TPSA) is 54.7 Å². The summed E-state index contributed by atoms with van der Waals surface area (Å²) < 4.78 is 0. The zero-order valence-corrected chi connectivity index (χ0v) is 8.14. The summed E-state index contributed by atoms with van der Waals surface area (Å²) >= 11 is 0. The third-order valence-electron chi connectivity index (χ3n) is 2.96. The van der Waals surface area contributed by atoms with Crippen molar-refractivity contribution in [1.82, 2.24) is 10.2 Å². The first-order valence-electron chi connectivity index (χ1n) is 5.12. The van der Waals surface area contributed by atoms with Crippen LogP contribution in [0.1, 0.15) is 42.6 Å². The largest absolute Gasteiger partial charge is 0.330 e. The van der Waals surface area contributed by atoms with Crippen molar-refractivity contribution in [1.29, 1.82) is 0 Å². The van der Waals surface area contributed by atoms with Crippen LogP contribution in [0.4, 0.5) is 0 Å². The van der Waals surface area contributed by atoms with Gasteiger partial charge in [0.15, 0.2) is 0 Å². The van der Waals surface area contributed by atoms with Gasteiger partial charge in [-0.2, -0.15) is 5.10 Å². The average Bonchev–Trinajstić information content (AvgIpc) is 2.68. The third-order valence-corrected chi connectivity index (χ3v) is 2.96. The number of rotatable bonds is 3. The summed E-state index contributed by atoms with van der Waals surface area (Å²) in [5.74, 6) is 0.675. The van der Waals surface area contributed by atoms with Crippen LogP contribution < -0.4 is 5.73 Å². The van der Waals surface area contributed by atoms with Crippen molar-refractivity contribution in [3.05, 3.63) is 17.0 Å². The lowest BCUT2D eigenvalue weighted by Gasteiger charge is -2.08. The second-order valence-corrected chi connectivity index (χ2v) is 3.73. The van der Waals surface area contributed by atoms with Crippen molar-refractivity contribution in [2.45, 2.75) is 38.5 Å². The van der Waals surface area contributed by atoms with Crippen LogP contribution >= 0.6 is 0 Å². The zero-order valence-electron chi connectivity index (χ0n) is 8.14. The van der Waals surface area contributed by atoms with Crippen molar-refractivity contribution in [2.75, 3.05) is 6.54 Å². The Morgan fingerprint density at radius 2 is 2.46 bits per heavy atom. The van der Waals surface area contributed by atoms with Crippen LogP contribution in [0.5, 0.6) is 0 Å². The van der Waals surface area contributed by atoms with E-state index >= 15 is 0 Å². The minimum Gasteiger partial charge on any atom is -0.330 e. The van der Waals surface area contributed by atoms with Gasteiger partial charge in [0.05, 0.1) is 5.69 Å². The second kappa shape index (κ2) is 3.50. The molecule has 0 radical (unpaired) electrons. The minimum absolute atomic E-state index is 0.675. The first-order chi connectivity index (χ1) is 6.36. The molecule has 1 unspecified atom stereocenters. The Kier molecular flexibility index (Phi) is 2.36. The SMILES string of the molecule is CCc1n[nH]c2c1C(CCN)CC2. The van der Waals surface area contributed by atoms with Crippen molar-refractivity contribution >= 4 is 0 Å². The van der Waals surface area contributed by atoms with Crippen molar-refractivity contribution in [3.8, 4) is 0 Å². The second-order valence-electron chi connectivity index (χ2n) is 3.73. The molecule has 0 bridgehead atoms. The van der Waals surface area contributed by atoms with Gasteiger partial charge in [-0.05, 0) is 43.7 Å². The summed E-state index contributed by atoms with van der Waals surface area (Å²) in [6.45, 7) is 2.95. The lowest BCUT2D eigenvalue weighted by molar-refractivity contribution is 0.617. The molecule has 2 rings (SSSR count). The van der Waals surface area contributed by atoms with E-state index in [9.17, 15) is 0 Å². The molecular weight excluding hydrogens is 162 g/mol. The Bertz CT molecular complexity index is 290. The van der Waals surface area contributed by atoms with E-state index in [1.165, 1.54) is 23.4 Å². The monoisotopic (exact) mass is 179 g/mol. The van der Waals surface area contributed by atoms with Gasteiger partial charge in [0, 0.05) is 5.69 Å². The molecule has 0 saturated carbocycles. The Hall–Kier alpha value is -0.830. The standard InChI is InChI=1S/C10H17N3/c1-2-8-10-7(5-6-11)3-4-9(10)13-12-8/h7H,2-6,11H2,1H3,(H,12,13). The fraction of sp³-hybridized carbons (Fsp3) is 0.700. The van der Waals surface area contributed by atoms with Crippen LogP contribution in [0.15, 0.2) is 0 Å². The number of hydrogen-bond acceptors (Lipinski definition) is 2. The van der Waals surface area contributed by atoms with Gasteiger partial charge in [0.1, 0.15) is 0 Å². The predicted molar refractivity (Wildman–Crippen MR) is 52.7 cm³/mol. The molecule has 1 heterocycles. The summed E-state index contributed by atoms with van der Waals surface area (Å²) in [7, 11) is 0. The van der Waals surface area contributed by atoms with E-state index in [-0.39, 0.29) is 0 Å². The maximum Gasteiger partial charge on any atom is 0.0657 e. The van der Waals surface area contributed by atoms with Gasteiger partial charge in [-0.1, -0.05) is 6.92 Å². The average molecular weight is 179 g/mol. The van der Waals surface area contributed by atoms with Gasteiger partial charge in [-0.3, -0.25) is 5.10 Å². The minimum atomic E-state index is 0.675. The Morgan fingerprint density at radius 3 is 3.15 bits per heavy atom. The fourth-order valence-corrected chi connectivity index (χ4v) is 2.32. The molecule has 1 aliphatic carbocycles. The maximum absolute atomic E-state index is 5.60.